The molecule has 2 aromatic heterocycles. The molecular weight excluding hydrogens is 541 g/mol. The summed E-state index contributed by atoms with van der Waals surface area (Å²) in [5.41, 5.74) is 5.29. The summed E-state index contributed by atoms with van der Waals surface area (Å²) in [5.74, 6) is 1.91. The quantitative estimate of drug-likeness (QED) is 0.285. The highest BCUT2D eigenvalue weighted by atomic mass is 35.5. The van der Waals surface area contributed by atoms with E-state index < -0.39 is 6.04 Å². The van der Waals surface area contributed by atoms with E-state index in [4.69, 9.17) is 29.2 Å². The number of amides is 1. The van der Waals surface area contributed by atoms with E-state index in [1.54, 1.807) is 18.4 Å². The van der Waals surface area contributed by atoms with Crippen LogP contribution in [0.25, 0.3) is 15.8 Å². The third kappa shape index (κ3) is 4.91. The first kappa shape index (κ1) is 26.3. The van der Waals surface area contributed by atoms with Gasteiger partial charge in [-0.2, -0.15) is 0 Å². The first-order valence-electron chi connectivity index (χ1n) is 12.9. The van der Waals surface area contributed by atoms with Crippen molar-refractivity contribution in [1.29, 1.82) is 0 Å². The fourth-order valence-electron chi connectivity index (χ4n) is 5.09. The van der Waals surface area contributed by atoms with Gasteiger partial charge in [0, 0.05) is 27.4 Å². The fourth-order valence-corrected chi connectivity index (χ4v) is 6.25. The molecule has 0 fully saturated rings. The summed E-state index contributed by atoms with van der Waals surface area (Å²) in [6.45, 7) is 2.40. The second-order valence-electron chi connectivity index (χ2n) is 9.61. The van der Waals surface area contributed by atoms with Crippen molar-refractivity contribution in [3.8, 4) is 11.4 Å². The number of aromatic nitrogens is 3. The van der Waals surface area contributed by atoms with Gasteiger partial charge in [-0.3, -0.25) is 14.4 Å². The van der Waals surface area contributed by atoms with Crippen molar-refractivity contribution in [2.24, 2.45) is 4.99 Å². The Morgan fingerprint density at radius 1 is 1.15 bits per heavy atom. The van der Waals surface area contributed by atoms with Crippen molar-refractivity contribution >= 4 is 58.0 Å². The lowest BCUT2D eigenvalue weighted by Gasteiger charge is -2.14. The van der Waals surface area contributed by atoms with Crippen LogP contribution in [0.3, 0.4) is 0 Å². The van der Waals surface area contributed by atoms with Gasteiger partial charge in [0.05, 0.1) is 24.9 Å². The van der Waals surface area contributed by atoms with E-state index in [0.717, 1.165) is 38.1 Å². The van der Waals surface area contributed by atoms with Crippen molar-refractivity contribution in [3.05, 3.63) is 99.4 Å². The number of fused-ring (bicyclic) bond motifs is 4. The van der Waals surface area contributed by atoms with Crippen LogP contribution in [0.2, 0.25) is 5.02 Å². The number of methoxy groups -OCH3 is 1. The van der Waals surface area contributed by atoms with Crippen molar-refractivity contribution in [1.82, 2.24) is 20.1 Å². The smallest absolute Gasteiger partial charge is 0.222 e. The largest absolute Gasteiger partial charge is 0.497 e. The maximum absolute atomic E-state index is 13.3. The van der Waals surface area contributed by atoms with Crippen LogP contribution in [-0.2, 0) is 11.2 Å². The molecule has 1 amide bonds. The van der Waals surface area contributed by atoms with Gasteiger partial charge >= 0.3 is 0 Å². The predicted molar refractivity (Wildman–Crippen MR) is 161 cm³/mol. The molecule has 1 atom stereocenters. The van der Waals surface area contributed by atoms with Crippen LogP contribution in [0.1, 0.15) is 40.8 Å². The molecule has 2 radical (unpaired) electrons. The molecule has 3 aromatic carbocycles. The number of carbonyl (C=O) groups excluding carboxylic acids is 1. The molecule has 1 N–H and O–H groups in total. The molecule has 5 aromatic rings. The topological polar surface area (TPSA) is 81.4 Å². The van der Waals surface area contributed by atoms with Gasteiger partial charge in [-0.1, -0.05) is 47.4 Å². The monoisotopic (exact) mass is 565 g/mol. The molecule has 1 aliphatic heterocycles. The Kier molecular flexibility index (Phi) is 7.17. The molecule has 40 heavy (non-hydrogen) atoms. The van der Waals surface area contributed by atoms with Crippen LogP contribution in [0, 0.1) is 6.92 Å². The zero-order chi connectivity index (χ0) is 27.8. The number of hydrogen-bond acceptors (Lipinski definition) is 6. The first-order chi connectivity index (χ1) is 19.4. The Balaban J connectivity index is 1.30. The van der Waals surface area contributed by atoms with Crippen LogP contribution < -0.4 is 15.5 Å². The number of halogens is 1. The lowest BCUT2D eigenvalue weighted by Crippen LogP contribution is -2.27. The van der Waals surface area contributed by atoms with E-state index in [1.165, 1.54) is 5.56 Å². The second kappa shape index (κ2) is 10.9. The summed E-state index contributed by atoms with van der Waals surface area (Å²) in [6.07, 6.45) is 0.831. The molecule has 3 heterocycles. The van der Waals surface area contributed by atoms with Crippen LogP contribution in [0.5, 0.6) is 5.75 Å². The highest BCUT2D eigenvalue weighted by Crippen LogP contribution is 2.34. The first-order valence-corrected chi connectivity index (χ1v) is 14.1. The second-order valence-corrected chi connectivity index (χ2v) is 10.9. The van der Waals surface area contributed by atoms with E-state index in [2.05, 4.69) is 27.0 Å². The van der Waals surface area contributed by atoms with E-state index >= 15 is 0 Å². The summed E-state index contributed by atoms with van der Waals surface area (Å²) in [7, 11) is 7.75. The van der Waals surface area contributed by atoms with Gasteiger partial charge in [-0.15, -0.1) is 21.5 Å². The van der Waals surface area contributed by atoms with Crippen molar-refractivity contribution in [3.63, 3.8) is 0 Å². The molecule has 0 spiro atoms. The van der Waals surface area contributed by atoms with Gasteiger partial charge in [0.2, 0.25) is 5.91 Å². The minimum Gasteiger partial charge on any atom is -0.497 e. The van der Waals surface area contributed by atoms with E-state index in [1.807, 2.05) is 66.1 Å². The summed E-state index contributed by atoms with van der Waals surface area (Å²) in [4.78, 5) is 18.4. The minimum absolute atomic E-state index is 0.112. The normalized spacial score (nSPS) is 14.3. The number of rotatable bonds is 7. The molecule has 6 rings (SSSR count). The molecule has 0 bridgehead atoms. The Labute approximate surface area is 242 Å². The zero-order valence-corrected chi connectivity index (χ0v) is 23.6. The van der Waals surface area contributed by atoms with Crippen molar-refractivity contribution in [2.75, 3.05) is 13.7 Å². The molecule has 7 nitrogen and oxygen atoms in total. The highest BCUT2D eigenvalue weighted by Gasteiger charge is 2.30. The highest BCUT2D eigenvalue weighted by molar-refractivity contribution is 7.18. The van der Waals surface area contributed by atoms with E-state index in [-0.39, 0.29) is 12.3 Å². The Bertz CT molecular complexity index is 1760. The maximum atomic E-state index is 13.3. The number of aryl methyl sites for hydroxylation is 1. The maximum Gasteiger partial charge on any atom is 0.222 e. The SMILES string of the molecule is [B]c1cccc2c(CCNC(=O)C[C@@H]3N=C(c4ccc(Cl)cc4)c4cc(OC)ccc4-n4c(C)nnc43)csc12. The Morgan fingerprint density at radius 3 is 2.77 bits per heavy atom. The summed E-state index contributed by atoms with van der Waals surface area (Å²) >= 11 is 7.82. The number of carbonyl (C=O) groups is 1. The van der Waals surface area contributed by atoms with Crippen molar-refractivity contribution in [2.45, 2.75) is 25.8 Å². The summed E-state index contributed by atoms with van der Waals surface area (Å²) in [6, 6.07) is 18.7. The lowest BCUT2D eigenvalue weighted by molar-refractivity contribution is -0.121. The van der Waals surface area contributed by atoms with Crippen molar-refractivity contribution < 1.29 is 9.53 Å². The zero-order valence-electron chi connectivity index (χ0n) is 22.0. The van der Waals surface area contributed by atoms with Gasteiger partial charge in [-0.25, -0.2) is 0 Å². The van der Waals surface area contributed by atoms with E-state index in [0.29, 0.717) is 35.4 Å². The van der Waals surface area contributed by atoms with E-state index in [9.17, 15) is 4.79 Å². The van der Waals surface area contributed by atoms with Gasteiger partial charge in [0.1, 0.15) is 25.5 Å². The molecular formula is C30H25BClN5O2S. The molecule has 0 saturated carbocycles. The molecule has 10 heteroatoms. The molecule has 0 unspecified atom stereocenters. The predicted octanol–water partition coefficient (Wildman–Crippen LogP) is 4.89. The molecule has 0 aliphatic carbocycles. The standard InChI is InChI=1S/C30H25BClN5O2S/c1-17-35-36-30-25(15-27(38)33-13-12-19-16-40-29-22(19)4-3-5-24(29)31)34-28(18-6-8-20(32)9-7-18)23-14-21(39-2)10-11-26(23)37(17)30/h3-11,14,16,25H,12-13,15H2,1-2H3,(H,33,38)/t25-/m0/s1. The minimum atomic E-state index is -0.549. The number of benzene rings is 3. The number of hydrogen-bond donors (Lipinski definition) is 1. The van der Waals surface area contributed by atoms with Gasteiger partial charge < -0.3 is 10.1 Å². The van der Waals surface area contributed by atoms with Crippen LogP contribution >= 0.6 is 22.9 Å². The van der Waals surface area contributed by atoms with Crippen LogP contribution in [-0.4, -0.2) is 47.9 Å². The average molecular weight is 566 g/mol. The molecule has 198 valence electrons. The number of nitrogens with one attached hydrogen (secondary N) is 1. The molecule has 0 saturated heterocycles. The van der Waals surface area contributed by atoms with Gasteiger partial charge in [-0.05, 0) is 60.0 Å². The van der Waals surface area contributed by atoms with Gasteiger partial charge in [0.15, 0.2) is 5.82 Å². The Hall–Kier alpha value is -3.95. The summed E-state index contributed by atoms with van der Waals surface area (Å²) in [5, 5.41) is 15.8. The summed E-state index contributed by atoms with van der Waals surface area (Å²) < 4.78 is 8.59. The average Bonchev–Trinajstić information content (AvgIpc) is 3.52. The van der Waals surface area contributed by atoms with Crippen LogP contribution in [0.4, 0.5) is 0 Å². The Morgan fingerprint density at radius 2 is 1.98 bits per heavy atom. The molecule has 1 aliphatic rings. The number of aliphatic imine (C=N–C) groups is 1. The number of nitrogens with zero attached hydrogens (tertiary/aromatic N) is 4. The van der Waals surface area contributed by atoms with Crippen LogP contribution in [0.15, 0.2) is 71.0 Å². The lowest BCUT2D eigenvalue weighted by atomic mass is 9.94. The third-order valence-corrected chi connectivity index (χ3v) is 8.40. The number of thiophene rings is 1. The third-order valence-electron chi connectivity index (χ3n) is 7.06. The fraction of sp³-hybridized carbons (Fsp3) is 0.200. The van der Waals surface area contributed by atoms with Gasteiger partial charge in [0.25, 0.3) is 0 Å². The number of ether oxygens (including phenoxy) is 1.